The molecular weight excluding hydrogens is 290 g/mol. The summed E-state index contributed by atoms with van der Waals surface area (Å²) in [5, 5.41) is 4.41. The molecule has 0 saturated carbocycles. The van der Waals surface area contributed by atoms with Crippen molar-refractivity contribution < 1.29 is 4.79 Å². The Morgan fingerprint density at radius 2 is 2.22 bits per heavy atom. The van der Waals surface area contributed by atoms with E-state index < -0.39 is 0 Å². The lowest BCUT2D eigenvalue weighted by Gasteiger charge is -2.33. The molecule has 0 aliphatic carbocycles. The molecule has 0 radical (unpaired) electrons. The number of hydrogen-bond donors (Lipinski definition) is 0. The second-order valence-corrected chi connectivity index (χ2v) is 6.43. The van der Waals surface area contributed by atoms with Crippen LogP contribution in [0.4, 0.5) is 0 Å². The molecule has 0 spiro atoms. The molecule has 1 unspecified atom stereocenters. The Bertz CT molecular complexity index is 672. The van der Waals surface area contributed by atoms with Gasteiger partial charge in [0.05, 0.1) is 6.04 Å². The van der Waals surface area contributed by atoms with Crippen molar-refractivity contribution in [3.8, 4) is 0 Å². The van der Waals surface area contributed by atoms with Gasteiger partial charge in [0.2, 0.25) is 0 Å². The number of rotatable bonds is 4. The third-order valence-electron chi connectivity index (χ3n) is 4.50. The monoisotopic (exact) mass is 315 g/mol. The minimum Gasteiger partial charge on any atom is -0.335 e. The Morgan fingerprint density at radius 1 is 1.39 bits per heavy atom. The quantitative estimate of drug-likeness (QED) is 0.871. The van der Waals surface area contributed by atoms with E-state index in [1.807, 2.05) is 34.2 Å². The third-order valence-corrected chi connectivity index (χ3v) is 4.50. The van der Waals surface area contributed by atoms with Gasteiger partial charge in [0, 0.05) is 44.1 Å². The molecule has 1 saturated heterocycles. The minimum atomic E-state index is 0.0345. The highest BCUT2D eigenvalue weighted by atomic mass is 16.2. The predicted molar refractivity (Wildman–Crippen MR) is 88.4 cm³/mol. The van der Waals surface area contributed by atoms with Gasteiger partial charge >= 0.3 is 0 Å². The number of amides is 1. The first-order chi connectivity index (χ1) is 11.1. The number of aryl methyl sites for hydroxylation is 1. The summed E-state index contributed by atoms with van der Waals surface area (Å²) in [6.45, 7) is 7.77. The number of imidazole rings is 1. The standard InChI is InChI=1S/C17H25N5O/c1-4-16-18-8-11-21(16)14-6-5-9-20(12-14)17(23)15-7-10-22(19-15)13(2)3/h7-8,10-11,13-14H,4-6,9,12H2,1-3H3. The molecule has 1 atom stereocenters. The van der Waals surface area contributed by atoms with Gasteiger partial charge < -0.3 is 9.47 Å². The van der Waals surface area contributed by atoms with Crippen LogP contribution in [0.25, 0.3) is 0 Å². The summed E-state index contributed by atoms with van der Waals surface area (Å²) in [4.78, 5) is 19.1. The first-order valence-corrected chi connectivity index (χ1v) is 8.46. The number of carbonyl (C=O) groups is 1. The summed E-state index contributed by atoms with van der Waals surface area (Å²) in [7, 11) is 0. The molecule has 1 amide bonds. The first kappa shape index (κ1) is 15.8. The van der Waals surface area contributed by atoms with Crippen molar-refractivity contribution in [3.63, 3.8) is 0 Å². The molecule has 124 valence electrons. The van der Waals surface area contributed by atoms with Gasteiger partial charge in [0.1, 0.15) is 11.5 Å². The molecule has 0 aromatic carbocycles. The van der Waals surface area contributed by atoms with Crippen LogP contribution in [0.5, 0.6) is 0 Å². The highest BCUT2D eigenvalue weighted by molar-refractivity contribution is 5.92. The SMILES string of the molecule is CCc1nccn1C1CCCN(C(=O)c2ccn(C(C)C)n2)C1. The average molecular weight is 315 g/mol. The van der Waals surface area contributed by atoms with Crippen molar-refractivity contribution in [2.45, 2.75) is 52.1 Å². The van der Waals surface area contributed by atoms with Gasteiger partial charge in [-0.3, -0.25) is 9.48 Å². The fraction of sp³-hybridized carbons (Fsp3) is 0.588. The van der Waals surface area contributed by atoms with Crippen molar-refractivity contribution in [1.82, 2.24) is 24.2 Å². The van der Waals surface area contributed by atoms with Crippen LogP contribution in [0.2, 0.25) is 0 Å². The van der Waals surface area contributed by atoms with Gasteiger partial charge in [0.25, 0.3) is 5.91 Å². The van der Waals surface area contributed by atoms with E-state index in [-0.39, 0.29) is 11.9 Å². The molecule has 0 bridgehead atoms. The zero-order chi connectivity index (χ0) is 16.4. The van der Waals surface area contributed by atoms with Crippen LogP contribution in [0, 0.1) is 0 Å². The number of likely N-dealkylation sites (tertiary alicyclic amines) is 1. The molecule has 6 nitrogen and oxygen atoms in total. The van der Waals surface area contributed by atoms with Crippen LogP contribution in [0.15, 0.2) is 24.7 Å². The lowest BCUT2D eigenvalue weighted by molar-refractivity contribution is 0.0671. The van der Waals surface area contributed by atoms with E-state index in [1.54, 1.807) is 0 Å². The lowest BCUT2D eigenvalue weighted by Crippen LogP contribution is -2.41. The van der Waals surface area contributed by atoms with Crippen molar-refractivity contribution >= 4 is 5.91 Å². The molecule has 1 fully saturated rings. The topological polar surface area (TPSA) is 56.0 Å². The number of hydrogen-bond acceptors (Lipinski definition) is 3. The Kier molecular flexibility index (Phi) is 4.50. The Labute approximate surface area is 137 Å². The highest BCUT2D eigenvalue weighted by Crippen LogP contribution is 2.24. The zero-order valence-corrected chi connectivity index (χ0v) is 14.1. The smallest absolute Gasteiger partial charge is 0.274 e. The summed E-state index contributed by atoms with van der Waals surface area (Å²) in [5.41, 5.74) is 0.542. The van der Waals surface area contributed by atoms with E-state index >= 15 is 0 Å². The summed E-state index contributed by atoms with van der Waals surface area (Å²) in [5.74, 6) is 1.13. The normalized spacial score (nSPS) is 18.6. The second-order valence-electron chi connectivity index (χ2n) is 6.43. The molecule has 2 aromatic rings. The van der Waals surface area contributed by atoms with Crippen LogP contribution in [0.3, 0.4) is 0 Å². The van der Waals surface area contributed by atoms with Crippen LogP contribution in [-0.4, -0.2) is 43.2 Å². The Morgan fingerprint density at radius 3 is 2.91 bits per heavy atom. The summed E-state index contributed by atoms with van der Waals surface area (Å²) in [6, 6.07) is 2.40. The fourth-order valence-electron chi connectivity index (χ4n) is 3.22. The maximum Gasteiger partial charge on any atom is 0.274 e. The largest absolute Gasteiger partial charge is 0.335 e. The third kappa shape index (κ3) is 3.16. The van der Waals surface area contributed by atoms with Gasteiger partial charge in [0.15, 0.2) is 0 Å². The Hall–Kier alpha value is -2.11. The maximum atomic E-state index is 12.7. The van der Waals surface area contributed by atoms with E-state index in [4.69, 9.17) is 0 Å². The summed E-state index contributed by atoms with van der Waals surface area (Å²) < 4.78 is 4.06. The van der Waals surface area contributed by atoms with E-state index in [2.05, 4.69) is 35.4 Å². The van der Waals surface area contributed by atoms with Crippen molar-refractivity contribution in [2.24, 2.45) is 0 Å². The Balaban J connectivity index is 1.74. The lowest BCUT2D eigenvalue weighted by atomic mass is 10.0. The second kappa shape index (κ2) is 6.56. The molecule has 23 heavy (non-hydrogen) atoms. The van der Waals surface area contributed by atoms with E-state index in [0.717, 1.165) is 38.2 Å². The van der Waals surface area contributed by atoms with Gasteiger partial charge in [-0.1, -0.05) is 6.92 Å². The van der Waals surface area contributed by atoms with Gasteiger partial charge in [-0.15, -0.1) is 0 Å². The zero-order valence-electron chi connectivity index (χ0n) is 14.1. The molecular formula is C17H25N5O. The molecule has 1 aliphatic heterocycles. The van der Waals surface area contributed by atoms with Crippen molar-refractivity contribution in [3.05, 3.63) is 36.2 Å². The number of nitrogens with zero attached hydrogens (tertiary/aromatic N) is 5. The van der Waals surface area contributed by atoms with Crippen LogP contribution < -0.4 is 0 Å². The van der Waals surface area contributed by atoms with Crippen molar-refractivity contribution in [2.75, 3.05) is 13.1 Å². The molecule has 3 heterocycles. The number of aromatic nitrogens is 4. The molecule has 2 aromatic heterocycles. The maximum absolute atomic E-state index is 12.7. The van der Waals surface area contributed by atoms with Gasteiger partial charge in [-0.2, -0.15) is 5.10 Å². The van der Waals surface area contributed by atoms with Gasteiger partial charge in [-0.25, -0.2) is 4.98 Å². The fourth-order valence-corrected chi connectivity index (χ4v) is 3.22. The minimum absolute atomic E-state index is 0.0345. The van der Waals surface area contributed by atoms with E-state index in [9.17, 15) is 4.79 Å². The molecule has 3 rings (SSSR count). The molecule has 0 N–H and O–H groups in total. The number of carbonyl (C=O) groups excluding carboxylic acids is 1. The number of piperidine rings is 1. The van der Waals surface area contributed by atoms with E-state index in [0.29, 0.717) is 11.7 Å². The average Bonchev–Trinajstić information content (AvgIpc) is 3.23. The summed E-state index contributed by atoms with van der Waals surface area (Å²) >= 11 is 0. The van der Waals surface area contributed by atoms with Crippen LogP contribution in [-0.2, 0) is 6.42 Å². The van der Waals surface area contributed by atoms with E-state index in [1.165, 1.54) is 0 Å². The first-order valence-electron chi connectivity index (χ1n) is 8.46. The molecule has 1 aliphatic rings. The predicted octanol–water partition coefficient (Wildman–Crippen LogP) is 2.70. The molecule has 6 heteroatoms. The highest BCUT2D eigenvalue weighted by Gasteiger charge is 2.27. The van der Waals surface area contributed by atoms with Crippen LogP contribution >= 0.6 is 0 Å². The van der Waals surface area contributed by atoms with Crippen LogP contribution in [0.1, 0.15) is 62.0 Å². The van der Waals surface area contributed by atoms with Gasteiger partial charge in [-0.05, 0) is 32.8 Å². The van der Waals surface area contributed by atoms with Crippen molar-refractivity contribution in [1.29, 1.82) is 0 Å². The summed E-state index contributed by atoms with van der Waals surface area (Å²) in [6.07, 6.45) is 8.78.